The van der Waals surface area contributed by atoms with Crippen LogP contribution >= 0.6 is 11.8 Å². The normalized spacial score (nSPS) is 10.5. The second kappa shape index (κ2) is 4.39. The first kappa shape index (κ1) is 10.1. The van der Waals surface area contributed by atoms with Crippen molar-refractivity contribution in [2.24, 2.45) is 0 Å². The highest BCUT2D eigenvalue weighted by molar-refractivity contribution is 7.98. The third-order valence-electron chi connectivity index (χ3n) is 1.69. The number of hydrogen-bond donors (Lipinski definition) is 1. The highest BCUT2D eigenvalue weighted by atomic mass is 32.2. The van der Waals surface area contributed by atoms with E-state index in [1.165, 1.54) is 30.2 Å². The van der Waals surface area contributed by atoms with Gasteiger partial charge in [0.25, 0.3) is 0 Å². The lowest BCUT2D eigenvalue weighted by Crippen LogP contribution is -1.87. The van der Waals surface area contributed by atoms with Crippen LogP contribution in [0.2, 0.25) is 0 Å². The first-order chi connectivity index (χ1) is 7.24. The van der Waals surface area contributed by atoms with Gasteiger partial charge in [-0.1, -0.05) is 11.8 Å². The van der Waals surface area contributed by atoms with E-state index < -0.39 is 11.6 Å². The Bertz CT molecular complexity index is 424. The molecule has 0 aliphatic heterocycles. The number of aromatic nitrogens is 3. The first-order valence-electron chi connectivity index (χ1n) is 4.17. The Morgan fingerprint density at radius 2 is 1.93 bits per heavy atom. The Kier molecular flexibility index (Phi) is 2.96. The molecular weight excluding hydrogens is 220 g/mol. The fraction of sp³-hybridized carbons (Fsp3) is 0.111. The predicted molar refractivity (Wildman–Crippen MR) is 52.3 cm³/mol. The Morgan fingerprint density at radius 1 is 1.20 bits per heavy atom. The minimum Gasteiger partial charge on any atom is -0.254 e. The summed E-state index contributed by atoms with van der Waals surface area (Å²) in [7, 11) is 0. The summed E-state index contributed by atoms with van der Waals surface area (Å²) in [5, 5.41) is 6.94. The number of H-pyrrole nitrogens is 1. The van der Waals surface area contributed by atoms with Gasteiger partial charge in [-0.3, -0.25) is 5.10 Å². The predicted octanol–water partition coefficient (Wildman–Crippen LogP) is 2.38. The third-order valence-corrected chi connectivity index (χ3v) is 2.64. The standard InChI is InChI=1S/C9H7F2N3S/c10-7-1-6(2-8(11)3-7)4-15-9-12-5-13-14-9/h1-3,5H,4H2,(H,12,13,14). The molecule has 3 nitrogen and oxygen atoms in total. The number of rotatable bonds is 3. The highest BCUT2D eigenvalue weighted by Gasteiger charge is 2.02. The molecule has 0 atom stereocenters. The molecule has 78 valence electrons. The maximum absolute atomic E-state index is 12.8. The number of halogens is 2. The van der Waals surface area contributed by atoms with Crippen molar-refractivity contribution in [1.82, 2.24) is 15.2 Å². The van der Waals surface area contributed by atoms with Crippen LogP contribution in [-0.4, -0.2) is 15.2 Å². The number of aromatic amines is 1. The molecule has 1 aromatic heterocycles. The lowest BCUT2D eigenvalue weighted by atomic mass is 10.2. The molecule has 1 N–H and O–H groups in total. The van der Waals surface area contributed by atoms with Crippen molar-refractivity contribution in [3.8, 4) is 0 Å². The zero-order valence-electron chi connectivity index (χ0n) is 7.58. The third kappa shape index (κ3) is 2.76. The number of hydrogen-bond acceptors (Lipinski definition) is 3. The summed E-state index contributed by atoms with van der Waals surface area (Å²) in [5.74, 6) is -0.685. The molecule has 0 radical (unpaired) electrons. The lowest BCUT2D eigenvalue weighted by molar-refractivity contribution is 0.581. The van der Waals surface area contributed by atoms with Gasteiger partial charge in [-0.25, -0.2) is 13.8 Å². The zero-order valence-corrected chi connectivity index (χ0v) is 8.39. The molecule has 0 saturated carbocycles. The smallest absolute Gasteiger partial charge is 0.183 e. The van der Waals surface area contributed by atoms with E-state index in [0.29, 0.717) is 16.5 Å². The van der Waals surface area contributed by atoms with Gasteiger partial charge in [-0.05, 0) is 17.7 Å². The lowest BCUT2D eigenvalue weighted by Gasteiger charge is -1.99. The van der Waals surface area contributed by atoms with Gasteiger partial charge in [0, 0.05) is 11.8 Å². The summed E-state index contributed by atoms with van der Waals surface area (Å²) in [5.41, 5.74) is 0.578. The van der Waals surface area contributed by atoms with E-state index in [4.69, 9.17) is 0 Å². The van der Waals surface area contributed by atoms with Gasteiger partial charge >= 0.3 is 0 Å². The SMILES string of the molecule is Fc1cc(F)cc(CSc2ncn[nH]2)c1. The van der Waals surface area contributed by atoms with Crippen LogP contribution in [0.25, 0.3) is 0 Å². The molecule has 2 rings (SSSR count). The molecule has 0 aliphatic rings. The largest absolute Gasteiger partial charge is 0.254 e. The van der Waals surface area contributed by atoms with Crippen molar-refractivity contribution in [2.75, 3.05) is 0 Å². The maximum atomic E-state index is 12.8. The summed E-state index contributed by atoms with van der Waals surface area (Å²) in [6.07, 6.45) is 1.38. The van der Waals surface area contributed by atoms with Gasteiger partial charge in [0.15, 0.2) is 5.16 Å². The molecule has 0 amide bonds. The van der Waals surface area contributed by atoms with Gasteiger partial charge in [0.05, 0.1) is 0 Å². The summed E-state index contributed by atoms with van der Waals surface area (Å²) in [6.45, 7) is 0. The van der Waals surface area contributed by atoms with Crippen LogP contribution < -0.4 is 0 Å². The molecular formula is C9H7F2N3S. The van der Waals surface area contributed by atoms with Gasteiger partial charge in [-0.15, -0.1) is 0 Å². The molecule has 0 fully saturated rings. The van der Waals surface area contributed by atoms with Crippen molar-refractivity contribution in [1.29, 1.82) is 0 Å². The summed E-state index contributed by atoms with van der Waals surface area (Å²) in [4.78, 5) is 3.88. The van der Waals surface area contributed by atoms with E-state index in [-0.39, 0.29) is 0 Å². The molecule has 0 saturated heterocycles. The van der Waals surface area contributed by atoms with E-state index in [2.05, 4.69) is 15.2 Å². The second-order valence-corrected chi connectivity index (χ2v) is 3.82. The van der Waals surface area contributed by atoms with Crippen molar-refractivity contribution in [3.05, 3.63) is 41.7 Å². The molecule has 0 spiro atoms. The van der Waals surface area contributed by atoms with Crippen LogP contribution in [0.1, 0.15) is 5.56 Å². The average Bonchev–Trinajstić information content (AvgIpc) is 2.65. The molecule has 1 heterocycles. The molecule has 1 aromatic carbocycles. The summed E-state index contributed by atoms with van der Waals surface area (Å²) < 4.78 is 25.6. The molecule has 0 bridgehead atoms. The Morgan fingerprint density at radius 3 is 2.53 bits per heavy atom. The maximum Gasteiger partial charge on any atom is 0.183 e. The van der Waals surface area contributed by atoms with Crippen molar-refractivity contribution in [3.63, 3.8) is 0 Å². The molecule has 6 heteroatoms. The Balaban J connectivity index is 2.05. The average molecular weight is 227 g/mol. The molecule has 15 heavy (non-hydrogen) atoms. The van der Waals surface area contributed by atoms with Gasteiger partial charge < -0.3 is 0 Å². The molecule has 0 unspecified atom stereocenters. The molecule has 2 aromatic rings. The number of nitrogens with one attached hydrogen (secondary N) is 1. The van der Waals surface area contributed by atoms with E-state index in [0.717, 1.165) is 6.07 Å². The van der Waals surface area contributed by atoms with E-state index in [1.807, 2.05) is 0 Å². The Hall–Kier alpha value is -1.43. The van der Waals surface area contributed by atoms with Crippen LogP contribution in [0.15, 0.2) is 29.7 Å². The van der Waals surface area contributed by atoms with Crippen molar-refractivity contribution >= 4 is 11.8 Å². The monoisotopic (exact) mass is 227 g/mol. The second-order valence-electron chi connectivity index (χ2n) is 2.86. The van der Waals surface area contributed by atoms with Crippen LogP contribution in [0.4, 0.5) is 8.78 Å². The first-order valence-corrected chi connectivity index (χ1v) is 5.16. The van der Waals surface area contributed by atoms with Crippen LogP contribution in [0.5, 0.6) is 0 Å². The Labute approximate surface area is 88.9 Å². The molecule has 0 aliphatic carbocycles. The highest BCUT2D eigenvalue weighted by Crippen LogP contribution is 2.19. The summed E-state index contributed by atoms with van der Waals surface area (Å²) >= 11 is 1.34. The number of benzene rings is 1. The van der Waals surface area contributed by atoms with E-state index in [9.17, 15) is 8.78 Å². The van der Waals surface area contributed by atoms with Crippen molar-refractivity contribution < 1.29 is 8.78 Å². The van der Waals surface area contributed by atoms with Crippen LogP contribution in [0, 0.1) is 11.6 Å². The zero-order chi connectivity index (χ0) is 10.7. The van der Waals surface area contributed by atoms with Gasteiger partial charge in [0.2, 0.25) is 0 Å². The minimum absolute atomic E-state index is 0.448. The fourth-order valence-electron chi connectivity index (χ4n) is 1.11. The minimum atomic E-state index is -0.567. The number of thioether (sulfide) groups is 1. The van der Waals surface area contributed by atoms with Crippen LogP contribution in [0.3, 0.4) is 0 Å². The quantitative estimate of drug-likeness (QED) is 0.818. The van der Waals surface area contributed by atoms with Gasteiger partial charge in [-0.2, -0.15) is 5.10 Å². The van der Waals surface area contributed by atoms with Crippen molar-refractivity contribution in [2.45, 2.75) is 10.9 Å². The topological polar surface area (TPSA) is 41.6 Å². The van der Waals surface area contributed by atoms with E-state index in [1.54, 1.807) is 0 Å². The number of nitrogens with zero attached hydrogens (tertiary/aromatic N) is 2. The fourth-order valence-corrected chi connectivity index (χ4v) is 1.82. The van der Waals surface area contributed by atoms with E-state index >= 15 is 0 Å². The summed E-state index contributed by atoms with van der Waals surface area (Å²) in [6, 6.07) is 3.45. The van der Waals surface area contributed by atoms with Gasteiger partial charge in [0.1, 0.15) is 18.0 Å². The van der Waals surface area contributed by atoms with Crippen LogP contribution in [-0.2, 0) is 5.75 Å².